The Kier molecular flexibility index (Phi) is 9.37. The van der Waals surface area contributed by atoms with Crippen LogP contribution in [0.25, 0.3) is 0 Å². The molecule has 1 aliphatic heterocycles. The number of hydrogen-bond donors (Lipinski definition) is 3. The lowest BCUT2D eigenvalue weighted by atomic mass is 10.1. The zero-order chi connectivity index (χ0) is 16.5. The molecule has 24 heavy (non-hydrogen) atoms. The number of halogens is 1. The number of aliphatic hydroxyl groups is 1. The summed E-state index contributed by atoms with van der Waals surface area (Å²) >= 11 is 0. The van der Waals surface area contributed by atoms with E-state index in [1.807, 2.05) is 23.1 Å². The Morgan fingerprint density at radius 1 is 1.33 bits per heavy atom. The Hall–Kier alpha value is -1.63. The van der Waals surface area contributed by atoms with E-state index in [0.29, 0.717) is 19.6 Å². The summed E-state index contributed by atoms with van der Waals surface area (Å²) < 4.78 is 0. The molecule has 0 saturated carbocycles. The molecule has 1 aliphatic rings. The van der Waals surface area contributed by atoms with Crippen molar-refractivity contribution in [2.45, 2.75) is 25.3 Å². The maximum Gasteiger partial charge on any atom is 0.240 e. The maximum absolute atomic E-state index is 12.4. The second-order valence-electron chi connectivity index (χ2n) is 5.70. The summed E-state index contributed by atoms with van der Waals surface area (Å²) in [5, 5.41) is 14.4. The summed E-state index contributed by atoms with van der Waals surface area (Å²) in [6.45, 7) is 2.23. The molecule has 0 aliphatic carbocycles. The second kappa shape index (κ2) is 11.0. The van der Waals surface area contributed by atoms with Crippen molar-refractivity contribution in [2.24, 2.45) is 0 Å². The zero-order valence-electron chi connectivity index (χ0n) is 13.7. The van der Waals surface area contributed by atoms with Crippen LogP contribution in [0.1, 0.15) is 18.4 Å². The molecule has 3 N–H and O–H groups in total. The summed E-state index contributed by atoms with van der Waals surface area (Å²) in [6.07, 6.45) is 1.98. The highest BCUT2D eigenvalue weighted by molar-refractivity contribution is 5.88. The van der Waals surface area contributed by atoms with E-state index in [-0.39, 0.29) is 43.8 Å². The van der Waals surface area contributed by atoms with E-state index < -0.39 is 6.04 Å². The third-order valence-corrected chi connectivity index (χ3v) is 3.94. The molecule has 0 spiro atoms. The number of carbonyl (C=O) groups excluding carboxylic acids is 2. The molecule has 6 nitrogen and oxygen atoms in total. The smallest absolute Gasteiger partial charge is 0.240 e. The van der Waals surface area contributed by atoms with Gasteiger partial charge in [0.1, 0.15) is 0 Å². The quantitative estimate of drug-likeness (QED) is 0.628. The lowest BCUT2D eigenvalue weighted by molar-refractivity contribution is -0.138. The summed E-state index contributed by atoms with van der Waals surface area (Å²) in [7, 11) is 0. The predicted octanol–water partition coefficient (Wildman–Crippen LogP) is 0.340. The average Bonchev–Trinajstić information content (AvgIpc) is 2.57. The Bertz CT molecular complexity index is 513. The molecule has 1 fully saturated rings. The first kappa shape index (κ1) is 20.4. The van der Waals surface area contributed by atoms with Gasteiger partial charge in [0.25, 0.3) is 0 Å². The minimum absolute atomic E-state index is 0. The molecule has 1 heterocycles. The van der Waals surface area contributed by atoms with E-state index in [9.17, 15) is 9.59 Å². The van der Waals surface area contributed by atoms with Gasteiger partial charge in [-0.05, 0) is 18.4 Å². The molecule has 0 radical (unpaired) electrons. The number of amides is 2. The van der Waals surface area contributed by atoms with E-state index in [0.717, 1.165) is 12.8 Å². The van der Waals surface area contributed by atoms with E-state index in [4.69, 9.17) is 5.11 Å². The van der Waals surface area contributed by atoms with Gasteiger partial charge < -0.3 is 20.6 Å². The third-order valence-electron chi connectivity index (χ3n) is 3.94. The number of aryl methyl sites for hydroxylation is 1. The van der Waals surface area contributed by atoms with E-state index >= 15 is 0 Å². The van der Waals surface area contributed by atoms with Gasteiger partial charge in [0, 0.05) is 26.2 Å². The minimum Gasteiger partial charge on any atom is -0.395 e. The van der Waals surface area contributed by atoms with Crippen LogP contribution in [0.3, 0.4) is 0 Å². The summed E-state index contributed by atoms with van der Waals surface area (Å²) in [5.74, 6) is -0.223. The van der Waals surface area contributed by atoms with Crippen molar-refractivity contribution in [3.63, 3.8) is 0 Å². The van der Waals surface area contributed by atoms with E-state index in [1.165, 1.54) is 5.56 Å². The number of piperazine rings is 1. The van der Waals surface area contributed by atoms with Gasteiger partial charge in [0.15, 0.2) is 0 Å². The molecule has 134 valence electrons. The van der Waals surface area contributed by atoms with Crippen molar-refractivity contribution >= 4 is 24.2 Å². The van der Waals surface area contributed by atoms with E-state index in [1.54, 1.807) is 0 Å². The molecule has 2 amide bonds. The van der Waals surface area contributed by atoms with Crippen LogP contribution in [-0.4, -0.2) is 60.6 Å². The largest absolute Gasteiger partial charge is 0.395 e. The Morgan fingerprint density at radius 3 is 2.79 bits per heavy atom. The van der Waals surface area contributed by atoms with Gasteiger partial charge >= 0.3 is 0 Å². The molecule has 0 aromatic heterocycles. The molecule has 1 aromatic carbocycles. The lowest BCUT2D eigenvalue weighted by Crippen LogP contribution is -2.56. The number of benzene rings is 1. The number of nitrogens with one attached hydrogen (secondary N) is 2. The van der Waals surface area contributed by atoms with Crippen molar-refractivity contribution in [1.29, 1.82) is 0 Å². The van der Waals surface area contributed by atoms with Crippen molar-refractivity contribution in [2.75, 3.05) is 32.8 Å². The van der Waals surface area contributed by atoms with Crippen LogP contribution in [0.2, 0.25) is 0 Å². The van der Waals surface area contributed by atoms with Gasteiger partial charge in [-0.2, -0.15) is 0 Å². The van der Waals surface area contributed by atoms with E-state index in [2.05, 4.69) is 22.8 Å². The summed E-state index contributed by atoms with van der Waals surface area (Å²) in [5.41, 5.74) is 1.27. The van der Waals surface area contributed by atoms with Crippen LogP contribution in [0.4, 0.5) is 0 Å². The summed E-state index contributed by atoms with van der Waals surface area (Å²) in [6, 6.07) is 9.76. The highest BCUT2D eigenvalue weighted by atomic mass is 35.5. The Balaban J connectivity index is 0.00000288. The molecule has 1 atom stereocenters. The number of aliphatic hydroxyl groups excluding tert-OH is 1. The van der Waals surface area contributed by atoms with Crippen molar-refractivity contribution in [3.05, 3.63) is 35.9 Å². The first-order valence-corrected chi connectivity index (χ1v) is 8.14. The fourth-order valence-electron chi connectivity index (χ4n) is 2.74. The number of hydrogen-bond acceptors (Lipinski definition) is 4. The topological polar surface area (TPSA) is 81.7 Å². The van der Waals surface area contributed by atoms with Gasteiger partial charge in [0.2, 0.25) is 11.8 Å². The Labute approximate surface area is 149 Å². The van der Waals surface area contributed by atoms with Crippen LogP contribution in [-0.2, 0) is 16.0 Å². The van der Waals surface area contributed by atoms with Crippen LogP contribution in [0, 0.1) is 0 Å². The summed E-state index contributed by atoms with van der Waals surface area (Å²) in [4.78, 5) is 25.9. The van der Waals surface area contributed by atoms with Crippen LogP contribution >= 0.6 is 12.4 Å². The molecule has 1 unspecified atom stereocenters. The Morgan fingerprint density at radius 2 is 2.08 bits per heavy atom. The van der Waals surface area contributed by atoms with Crippen molar-refractivity contribution in [1.82, 2.24) is 15.5 Å². The van der Waals surface area contributed by atoms with Gasteiger partial charge in [-0.1, -0.05) is 30.3 Å². The van der Waals surface area contributed by atoms with Gasteiger partial charge in [-0.25, -0.2) is 0 Å². The normalized spacial score (nSPS) is 17.3. The van der Waals surface area contributed by atoms with Crippen LogP contribution in [0.5, 0.6) is 0 Å². The van der Waals surface area contributed by atoms with Gasteiger partial charge in [-0.3, -0.25) is 9.59 Å². The standard InChI is InChI=1S/C17H25N3O3.ClH/c21-12-9-19-16(22)13-15-17(23)20(11-8-18-15)10-4-7-14-5-2-1-3-6-14;/h1-3,5-6,15,18,21H,4,7-13H2,(H,19,22);1H. The molecular formula is C17H26ClN3O3. The predicted molar refractivity (Wildman–Crippen MR) is 95.1 cm³/mol. The molecule has 7 heteroatoms. The van der Waals surface area contributed by atoms with Crippen molar-refractivity contribution in [3.8, 4) is 0 Å². The zero-order valence-corrected chi connectivity index (χ0v) is 14.6. The fraction of sp³-hybridized carbons (Fsp3) is 0.529. The average molecular weight is 356 g/mol. The second-order valence-corrected chi connectivity index (χ2v) is 5.70. The molecule has 1 saturated heterocycles. The third kappa shape index (κ3) is 6.47. The number of nitrogens with zero attached hydrogens (tertiary/aromatic N) is 1. The first-order valence-electron chi connectivity index (χ1n) is 8.14. The minimum atomic E-state index is -0.459. The molecule has 1 aromatic rings. The highest BCUT2D eigenvalue weighted by Crippen LogP contribution is 2.08. The monoisotopic (exact) mass is 355 g/mol. The van der Waals surface area contributed by atoms with Gasteiger partial charge in [0.05, 0.1) is 19.1 Å². The van der Waals surface area contributed by atoms with Crippen LogP contribution < -0.4 is 10.6 Å². The van der Waals surface area contributed by atoms with Gasteiger partial charge in [-0.15, -0.1) is 12.4 Å². The fourth-order valence-corrected chi connectivity index (χ4v) is 2.74. The molecule has 0 bridgehead atoms. The number of carbonyl (C=O) groups is 2. The molecule has 2 rings (SSSR count). The maximum atomic E-state index is 12.4. The van der Waals surface area contributed by atoms with Crippen LogP contribution in [0.15, 0.2) is 30.3 Å². The highest BCUT2D eigenvalue weighted by Gasteiger charge is 2.29. The first-order chi connectivity index (χ1) is 11.2. The molecular weight excluding hydrogens is 330 g/mol. The SMILES string of the molecule is Cl.O=C(CC1NCCN(CCCc2ccccc2)C1=O)NCCO. The number of rotatable bonds is 8. The van der Waals surface area contributed by atoms with Crippen molar-refractivity contribution < 1.29 is 14.7 Å². The lowest BCUT2D eigenvalue weighted by Gasteiger charge is -2.33.